The topological polar surface area (TPSA) is 66.5 Å². The number of amides is 1. The average Bonchev–Trinajstić information content (AvgIpc) is 2.95. The first-order valence-electron chi connectivity index (χ1n) is 7.56. The molecule has 1 saturated heterocycles. The van der Waals surface area contributed by atoms with E-state index in [0.29, 0.717) is 18.0 Å². The van der Waals surface area contributed by atoms with Gasteiger partial charge in [-0.25, -0.2) is 13.1 Å². The van der Waals surface area contributed by atoms with Crippen LogP contribution in [-0.4, -0.2) is 27.4 Å². The van der Waals surface area contributed by atoms with Gasteiger partial charge < -0.3 is 4.90 Å². The van der Waals surface area contributed by atoms with Crippen molar-refractivity contribution in [2.75, 3.05) is 18.0 Å². The minimum Gasteiger partial charge on any atom is -0.312 e. The fourth-order valence-electron chi connectivity index (χ4n) is 2.72. The first-order chi connectivity index (χ1) is 11.5. The molecule has 1 N–H and O–H groups in total. The fourth-order valence-corrected chi connectivity index (χ4v) is 4.14. The van der Waals surface area contributed by atoms with E-state index >= 15 is 0 Å². The molecule has 7 heteroatoms. The van der Waals surface area contributed by atoms with E-state index in [2.05, 4.69) is 4.72 Å². The van der Waals surface area contributed by atoms with E-state index in [1.165, 1.54) is 12.1 Å². The van der Waals surface area contributed by atoms with Crippen LogP contribution in [0.25, 0.3) is 0 Å². The molecule has 1 aliphatic rings. The highest BCUT2D eigenvalue weighted by molar-refractivity contribution is 7.89. The van der Waals surface area contributed by atoms with E-state index in [1.54, 1.807) is 17.0 Å². The Bertz CT molecular complexity index is 840. The highest BCUT2D eigenvalue weighted by atomic mass is 35.5. The van der Waals surface area contributed by atoms with Crippen LogP contribution in [0.2, 0.25) is 5.02 Å². The van der Waals surface area contributed by atoms with E-state index in [0.717, 1.165) is 5.69 Å². The molecule has 3 rings (SSSR count). The molecule has 24 heavy (non-hydrogen) atoms. The van der Waals surface area contributed by atoms with Crippen LogP contribution in [0.15, 0.2) is 59.5 Å². The number of hydrogen-bond donors (Lipinski definition) is 1. The summed E-state index contributed by atoms with van der Waals surface area (Å²) in [6.07, 6.45) is 0.326. The van der Waals surface area contributed by atoms with Crippen molar-refractivity contribution >= 4 is 33.2 Å². The van der Waals surface area contributed by atoms with E-state index in [1.807, 2.05) is 30.3 Å². The number of hydrogen-bond acceptors (Lipinski definition) is 3. The van der Waals surface area contributed by atoms with Gasteiger partial charge in [-0.2, -0.15) is 0 Å². The number of nitrogens with one attached hydrogen (secondary N) is 1. The number of para-hydroxylation sites is 1. The summed E-state index contributed by atoms with van der Waals surface area (Å²) in [5.74, 6) is -0.0557. The monoisotopic (exact) mass is 364 g/mol. The van der Waals surface area contributed by atoms with Crippen LogP contribution < -0.4 is 9.62 Å². The predicted molar refractivity (Wildman–Crippen MR) is 93.5 cm³/mol. The van der Waals surface area contributed by atoms with Gasteiger partial charge in [-0.3, -0.25) is 4.79 Å². The SMILES string of the molecule is O=C1CC(CNS(=O)(=O)c2cccc(Cl)c2)CN1c1ccccc1. The molecule has 0 aliphatic carbocycles. The third-order valence-corrected chi connectivity index (χ3v) is 5.60. The normalized spacial score (nSPS) is 18.1. The molecule has 0 aromatic heterocycles. The van der Waals surface area contributed by atoms with Gasteiger partial charge in [-0.05, 0) is 36.2 Å². The minimum absolute atomic E-state index is 0.00755. The lowest BCUT2D eigenvalue weighted by Crippen LogP contribution is -2.31. The zero-order valence-corrected chi connectivity index (χ0v) is 14.4. The van der Waals surface area contributed by atoms with Gasteiger partial charge in [0.2, 0.25) is 15.9 Å². The molecule has 1 atom stereocenters. The van der Waals surface area contributed by atoms with Crippen molar-refractivity contribution in [3.63, 3.8) is 0 Å². The molecule has 2 aromatic rings. The number of halogens is 1. The van der Waals surface area contributed by atoms with Crippen molar-refractivity contribution in [2.45, 2.75) is 11.3 Å². The maximum atomic E-state index is 12.3. The van der Waals surface area contributed by atoms with E-state index < -0.39 is 10.0 Å². The van der Waals surface area contributed by atoms with E-state index in [-0.39, 0.29) is 23.3 Å². The maximum absolute atomic E-state index is 12.3. The van der Waals surface area contributed by atoms with Crippen LogP contribution in [-0.2, 0) is 14.8 Å². The number of rotatable bonds is 5. The highest BCUT2D eigenvalue weighted by Crippen LogP contribution is 2.24. The first kappa shape index (κ1) is 17.0. The zero-order valence-electron chi connectivity index (χ0n) is 12.9. The molecule has 0 bridgehead atoms. The highest BCUT2D eigenvalue weighted by Gasteiger charge is 2.31. The molecule has 1 unspecified atom stereocenters. The largest absolute Gasteiger partial charge is 0.312 e. The van der Waals surface area contributed by atoms with Gasteiger partial charge in [0.25, 0.3) is 0 Å². The summed E-state index contributed by atoms with van der Waals surface area (Å²) >= 11 is 5.84. The number of benzene rings is 2. The van der Waals surface area contributed by atoms with E-state index in [4.69, 9.17) is 11.6 Å². The van der Waals surface area contributed by atoms with Crippen molar-refractivity contribution in [2.24, 2.45) is 5.92 Å². The average molecular weight is 365 g/mol. The summed E-state index contributed by atoms with van der Waals surface area (Å²) in [6, 6.07) is 15.5. The van der Waals surface area contributed by atoms with Crippen molar-refractivity contribution in [1.82, 2.24) is 4.72 Å². The van der Waals surface area contributed by atoms with Crippen molar-refractivity contribution in [3.8, 4) is 0 Å². The molecule has 1 fully saturated rings. The Morgan fingerprint density at radius 3 is 2.58 bits per heavy atom. The van der Waals surface area contributed by atoms with Gasteiger partial charge in [-0.1, -0.05) is 35.9 Å². The molecule has 5 nitrogen and oxygen atoms in total. The van der Waals surface area contributed by atoms with Crippen LogP contribution in [0, 0.1) is 5.92 Å². The van der Waals surface area contributed by atoms with Crippen molar-refractivity contribution in [3.05, 3.63) is 59.6 Å². The Labute approximate surface area is 146 Å². The quantitative estimate of drug-likeness (QED) is 0.887. The summed E-state index contributed by atoms with van der Waals surface area (Å²) < 4.78 is 27.2. The molecule has 1 heterocycles. The summed E-state index contributed by atoms with van der Waals surface area (Å²) in [7, 11) is -3.63. The maximum Gasteiger partial charge on any atom is 0.240 e. The second kappa shape index (κ2) is 6.93. The van der Waals surface area contributed by atoms with Crippen LogP contribution in [0.1, 0.15) is 6.42 Å². The zero-order chi connectivity index (χ0) is 17.2. The lowest BCUT2D eigenvalue weighted by atomic mass is 10.1. The Morgan fingerprint density at radius 1 is 1.12 bits per heavy atom. The van der Waals surface area contributed by atoms with Crippen LogP contribution >= 0.6 is 11.6 Å². The van der Waals surface area contributed by atoms with Gasteiger partial charge in [-0.15, -0.1) is 0 Å². The molecule has 126 valence electrons. The minimum atomic E-state index is -3.63. The van der Waals surface area contributed by atoms with Crippen LogP contribution in [0.4, 0.5) is 5.69 Å². The Morgan fingerprint density at radius 2 is 1.88 bits per heavy atom. The number of carbonyl (C=O) groups excluding carboxylic acids is 1. The summed E-state index contributed by atoms with van der Waals surface area (Å²) in [5.41, 5.74) is 0.836. The first-order valence-corrected chi connectivity index (χ1v) is 9.42. The van der Waals surface area contributed by atoms with Gasteiger partial charge in [0.15, 0.2) is 0 Å². The summed E-state index contributed by atoms with van der Waals surface area (Å²) in [5, 5.41) is 0.365. The third-order valence-electron chi connectivity index (χ3n) is 3.94. The Kier molecular flexibility index (Phi) is 4.89. The van der Waals surface area contributed by atoms with Gasteiger partial charge >= 0.3 is 0 Å². The second-order valence-electron chi connectivity index (χ2n) is 5.72. The van der Waals surface area contributed by atoms with Crippen molar-refractivity contribution in [1.29, 1.82) is 0 Å². The molecule has 2 aromatic carbocycles. The Balaban J connectivity index is 1.65. The molecule has 0 saturated carbocycles. The lowest BCUT2D eigenvalue weighted by molar-refractivity contribution is -0.117. The van der Waals surface area contributed by atoms with Crippen LogP contribution in [0.5, 0.6) is 0 Å². The second-order valence-corrected chi connectivity index (χ2v) is 7.92. The third kappa shape index (κ3) is 3.77. The predicted octanol–water partition coefficient (Wildman–Crippen LogP) is 2.67. The van der Waals surface area contributed by atoms with Crippen LogP contribution in [0.3, 0.4) is 0 Å². The summed E-state index contributed by atoms with van der Waals surface area (Å²) in [6.45, 7) is 0.713. The standard InChI is InChI=1S/C17H17ClN2O3S/c18-14-5-4-8-16(10-14)24(22,23)19-11-13-9-17(21)20(12-13)15-6-2-1-3-7-15/h1-8,10,13,19H,9,11-12H2. The van der Waals surface area contributed by atoms with Gasteiger partial charge in [0, 0.05) is 30.2 Å². The van der Waals surface area contributed by atoms with E-state index in [9.17, 15) is 13.2 Å². The van der Waals surface area contributed by atoms with Crippen molar-refractivity contribution < 1.29 is 13.2 Å². The fraction of sp³-hybridized carbons (Fsp3) is 0.235. The number of nitrogens with zero attached hydrogens (tertiary/aromatic N) is 1. The molecule has 0 spiro atoms. The van der Waals surface area contributed by atoms with Gasteiger partial charge in [0.05, 0.1) is 4.90 Å². The molecule has 0 radical (unpaired) electrons. The Hall–Kier alpha value is -1.89. The molecule has 1 amide bonds. The number of carbonyl (C=O) groups is 1. The number of anilines is 1. The molecular weight excluding hydrogens is 348 g/mol. The molecule has 1 aliphatic heterocycles. The molecular formula is C17H17ClN2O3S. The number of sulfonamides is 1. The lowest BCUT2D eigenvalue weighted by Gasteiger charge is -2.17. The van der Waals surface area contributed by atoms with Gasteiger partial charge in [0.1, 0.15) is 0 Å². The smallest absolute Gasteiger partial charge is 0.240 e. The summed E-state index contributed by atoms with van der Waals surface area (Å²) in [4.78, 5) is 14.0.